The van der Waals surface area contributed by atoms with Crippen LogP contribution in [0.1, 0.15) is 36.8 Å². The van der Waals surface area contributed by atoms with Gasteiger partial charge in [0.05, 0.1) is 0 Å². The number of halogens is 1. The summed E-state index contributed by atoms with van der Waals surface area (Å²) in [4.78, 5) is 39.2. The highest BCUT2D eigenvalue weighted by Crippen LogP contribution is 2.35. The van der Waals surface area contributed by atoms with Gasteiger partial charge in [-0.3, -0.25) is 14.9 Å². The molecule has 1 atom stereocenters. The van der Waals surface area contributed by atoms with Gasteiger partial charge in [0.2, 0.25) is 5.91 Å². The highest BCUT2D eigenvalue weighted by Gasteiger charge is 2.51. The molecule has 4 amide bonds. The number of nitrogens with zero attached hydrogens (tertiary/aromatic N) is 1. The highest BCUT2D eigenvalue weighted by molar-refractivity contribution is 6.07. The van der Waals surface area contributed by atoms with Crippen molar-refractivity contribution in [2.75, 3.05) is 13.1 Å². The Hall–Kier alpha value is -3.48. The lowest BCUT2D eigenvalue weighted by molar-refractivity contribution is -0.130. The monoisotopic (exact) mass is 449 g/mol. The first kappa shape index (κ1) is 22.7. The van der Waals surface area contributed by atoms with E-state index in [9.17, 15) is 18.8 Å². The number of amides is 4. The molecule has 33 heavy (non-hydrogen) atoms. The summed E-state index contributed by atoms with van der Waals surface area (Å²) >= 11 is 0. The normalized spacial score (nSPS) is 21.3. The molecular formula is C26H28FN3O3. The fraction of sp³-hybridized carbons (Fsp3) is 0.346. The van der Waals surface area contributed by atoms with Crippen LogP contribution in [0.25, 0.3) is 6.08 Å². The molecule has 2 aromatic rings. The first-order chi connectivity index (χ1) is 16.0. The number of imide groups is 1. The van der Waals surface area contributed by atoms with Crippen molar-refractivity contribution in [2.24, 2.45) is 5.92 Å². The quantitative estimate of drug-likeness (QED) is 0.500. The van der Waals surface area contributed by atoms with Crippen LogP contribution in [0.5, 0.6) is 0 Å². The van der Waals surface area contributed by atoms with Crippen LogP contribution in [-0.4, -0.2) is 41.4 Å². The molecule has 2 N–H and O–H groups in total. The Kier molecular flexibility index (Phi) is 6.87. The molecule has 0 radical (unpaired) electrons. The largest absolute Gasteiger partial charge is 0.339 e. The zero-order valence-electron chi connectivity index (χ0n) is 18.4. The summed E-state index contributed by atoms with van der Waals surface area (Å²) < 4.78 is 13.3. The van der Waals surface area contributed by atoms with Gasteiger partial charge in [-0.25, -0.2) is 9.18 Å². The molecule has 4 rings (SSSR count). The molecule has 172 valence electrons. The number of rotatable bonds is 7. The fourth-order valence-electron chi connectivity index (χ4n) is 4.86. The molecule has 2 aliphatic heterocycles. The first-order valence-electron chi connectivity index (χ1n) is 11.4. The van der Waals surface area contributed by atoms with Crippen LogP contribution in [-0.2, 0) is 16.0 Å². The smallest absolute Gasteiger partial charge is 0.322 e. The molecule has 0 aliphatic carbocycles. The van der Waals surface area contributed by atoms with Crippen LogP contribution >= 0.6 is 0 Å². The van der Waals surface area contributed by atoms with E-state index in [1.807, 2.05) is 18.2 Å². The Morgan fingerprint density at radius 1 is 1.09 bits per heavy atom. The van der Waals surface area contributed by atoms with Crippen molar-refractivity contribution in [1.29, 1.82) is 0 Å². The van der Waals surface area contributed by atoms with Gasteiger partial charge < -0.3 is 10.2 Å². The molecule has 2 aromatic carbocycles. The predicted molar refractivity (Wildman–Crippen MR) is 124 cm³/mol. The lowest BCUT2D eigenvalue weighted by Crippen LogP contribution is -2.56. The third-order valence-electron chi connectivity index (χ3n) is 6.62. The second-order valence-electron chi connectivity index (χ2n) is 8.71. The van der Waals surface area contributed by atoms with E-state index in [1.165, 1.54) is 23.8 Å². The van der Waals surface area contributed by atoms with Gasteiger partial charge in [-0.1, -0.05) is 42.5 Å². The molecule has 0 spiro atoms. The molecule has 2 heterocycles. The Balaban J connectivity index is 1.37. The van der Waals surface area contributed by atoms with E-state index in [2.05, 4.69) is 22.8 Å². The minimum atomic E-state index is -0.932. The summed E-state index contributed by atoms with van der Waals surface area (Å²) in [6.45, 7) is 1.00. The first-order valence-corrected chi connectivity index (χ1v) is 11.4. The van der Waals surface area contributed by atoms with Crippen LogP contribution in [0, 0.1) is 11.7 Å². The third kappa shape index (κ3) is 5.30. The molecule has 6 nitrogen and oxygen atoms in total. The Labute approximate surface area is 192 Å². The average Bonchev–Trinajstić information content (AvgIpc) is 3.12. The maximum Gasteiger partial charge on any atom is 0.322 e. The van der Waals surface area contributed by atoms with E-state index < -0.39 is 11.6 Å². The lowest BCUT2D eigenvalue weighted by atomic mass is 9.74. The summed E-state index contributed by atoms with van der Waals surface area (Å²) in [7, 11) is 0. The highest BCUT2D eigenvalue weighted by atomic mass is 19.1. The van der Waals surface area contributed by atoms with E-state index in [0.29, 0.717) is 37.9 Å². The van der Waals surface area contributed by atoms with Crippen LogP contribution in [0.3, 0.4) is 0 Å². The van der Waals surface area contributed by atoms with E-state index in [1.54, 1.807) is 23.1 Å². The second-order valence-corrected chi connectivity index (χ2v) is 8.71. The standard InChI is InChI=1S/C26H28FN3O3/c27-22-10-4-8-20(18-22)11-12-23(31)30-16-13-21(14-17-30)26(24(32)28-25(33)29-26)15-5-9-19-6-2-1-3-7-19/h1-4,6-8,10-12,18,21H,5,9,13-17H2,(H2,28,29,32,33)/b12-11+. The maximum atomic E-state index is 13.3. The minimum Gasteiger partial charge on any atom is -0.339 e. The van der Waals surface area contributed by atoms with Crippen molar-refractivity contribution in [1.82, 2.24) is 15.5 Å². The van der Waals surface area contributed by atoms with E-state index in [-0.39, 0.29) is 23.5 Å². The van der Waals surface area contributed by atoms with E-state index >= 15 is 0 Å². The topological polar surface area (TPSA) is 78.5 Å². The SMILES string of the molecule is O=C1NC(=O)C(CCCc2ccccc2)(C2CCN(C(=O)/C=C/c3cccc(F)c3)CC2)N1. The zero-order valence-corrected chi connectivity index (χ0v) is 18.4. The number of urea groups is 1. The van der Waals surface area contributed by atoms with Crippen molar-refractivity contribution in [2.45, 2.75) is 37.6 Å². The van der Waals surface area contributed by atoms with Crippen LogP contribution in [0.15, 0.2) is 60.7 Å². The molecule has 2 fully saturated rings. The van der Waals surface area contributed by atoms with Gasteiger partial charge in [0.25, 0.3) is 5.91 Å². The molecular weight excluding hydrogens is 421 g/mol. The maximum absolute atomic E-state index is 13.3. The Bertz CT molecular complexity index is 1050. The minimum absolute atomic E-state index is 0.0454. The molecule has 0 bridgehead atoms. The van der Waals surface area contributed by atoms with Crippen LogP contribution in [0.2, 0.25) is 0 Å². The predicted octanol–water partition coefficient (Wildman–Crippen LogP) is 3.68. The summed E-state index contributed by atoms with van der Waals surface area (Å²) in [5, 5.41) is 5.34. The number of carbonyl (C=O) groups is 3. The van der Waals surface area contributed by atoms with E-state index in [4.69, 9.17) is 0 Å². The van der Waals surface area contributed by atoms with Gasteiger partial charge in [0.1, 0.15) is 11.4 Å². The van der Waals surface area contributed by atoms with Crippen molar-refractivity contribution in [3.63, 3.8) is 0 Å². The van der Waals surface area contributed by atoms with Gasteiger partial charge >= 0.3 is 6.03 Å². The van der Waals surface area contributed by atoms with Crippen molar-refractivity contribution >= 4 is 23.9 Å². The number of carbonyl (C=O) groups excluding carboxylic acids is 3. The molecule has 7 heteroatoms. The zero-order chi connectivity index (χ0) is 23.3. The van der Waals surface area contributed by atoms with Gasteiger partial charge in [-0.05, 0) is 67.4 Å². The molecule has 2 saturated heterocycles. The number of hydrogen-bond donors (Lipinski definition) is 2. The van der Waals surface area contributed by atoms with Gasteiger partial charge in [-0.2, -0.15) is 0 Å². The van der Waals surface area contributed by atoms with Crippen molar-refractivity contribution < 1.29 is 18.8 Å². The summed E-state index contributed by atoms with van der Waals surface area (Å²) in [6.07, 6.45) is 6.46. The molecule has 0 saturated carbocycles. The number of aryl methyl sites for hydroxylation is 1. The van der Waals surface area contributed by atoms with Gasteiger partial charge in [0.15, 0.2) is 0 Å². The molecule has 2 aliphatic rings. The summed E-state index contributed by atoms with van der Waals surface area (Å²) in [5.74, 6) is -0.803. The number of hydrogen-bond acceptors (Lipinski definition) is 3. The van der Waals surface area contributed by atoms with Crippen molar-refractivity contribution in [3.05, 3.63) is 77.6 Å². The fourth-order valence-corrected chi connectivity index (χ4v) is 4.86. The van der Waals surface area contributed by atoms with Crippen molar-refractivity contribution in [3.8, 4) is 0 Å². The summed E-state index contributed by atoms with van der Waals surface area (Å²) in [5.41, 5.74) is 0.891. The molecule has 1 unspecified atom stereocenters. The van der Waals surface area contributed by atoms with Gasteiger partial charge in [0, 0.05) is 19.2 Å². The lowest BCUT2D eigenvalue weighted by Gasteiger charge is -2.40. The Morgan fingerprint density at radius 3 is 2.52 bits per heavy atom. The third-order valence-corrected chi connectivity index (χ3v) is 6.62. The number of benzene rings is 2. The second kappa shape index (κ2) is 9.98. The van der Waals surface area contributed by atoms with E-state index in [0.717, 1.165) is 12.8 Å². The number of likely N-dealkylation sites (tertiary alicyclic amines) is 1. The van der Waals surface area contributed by atoms with Crippen LogP contribution < -0.4 is 10.6 Å². The molecule has 0 aromatic heterocycles. The Morgan fingerprint density at radius 2 is 1.85 bits per heavy atom. The number of nitrogens with one attached hydrogen (secondary N) is 2. The summed E-state index contributed by atoms with van der Waals surface area (Å²) in [6, 6.07) is 15.7. The van der Waals surface area contributed by atoms with Crippen LogP contribution in [0.4, 0.5) is 9.18 Å². The van der Waals surface area contributed by atoms with Gasteiger partial charge in [-0.15, -0.1) is 0 Å². The average molecular weight is 450 g/mol. The number of piperidine rings is 1.